The van der Waals surface area contributed by atoms with Gasteiger partial charge in [0.15, 0.2) is 0 Å². The Labute approximate surface area is 230 Å². The summed E-state index contributed by atoms with van der Waals surface area (Å²) in [6.45, 7) is 0. The number of ether oxygens (including phenoxy) is 1. The van der Waals surface area contributed by atoms with E-state index in [0.29, 0.717) is 22.5 Å². The zero-order valence-corrected chi connectivity index (χ0v) is 21.6. The van der Waals surface area contributed by atoms with Crippen molar-refractivity contribution >= 4 is 23.0 Å². The van der Waals surface area contributed by atoms with Crippen LogP contribution in [0, 0.1) is 0 Å². The number of rotatable bonds is 7. The van der Waals surface area contributed by atoms with Crippen LogP contribution in [0.15, 0.2) is 121 Å². The minimum absolute atomic E-state index is 0.353. The molecule has 1 N–H and O–H groups in total. The van der Waals surface area contributed by atoms with Crippen LogP contribution in [-0.4, -0.2) is 39.0 Å². The summed E-state index contributed by atoms with van der Waals surface area (Å²) < 4.78 is 7.09. The summed E-state index contributed by atoms with van der Waals surface area (Å²) in [6.07, 6.45) is 5.19. The van der Waals surface area contributed by atoms with Gasteiger partial charge in [0.2, 0.25) is 0 Å². The van der Waals surface area contributed by atoms with Crippen LogP contribution < -0.4 is 10.2 Å². The number of pyridine rings is 2. The van der Waals surface area contributed by atoms with Gasteiger partial charge in [0.25, 0.3) is 5.91 Å². The Balaban J connectivity index is 1.33. The molecule has 3 aromatic carbocycles. The van der Waals surface area contributed by atoms with Crippen molar-refractivity contribution in [1.82, 2.24) is 25.2 Å². The van der Waals surface area contributed by atoms with Gasteiger partial charge in [0, 0.05) is 28.9 Å². The Hall–Kier alpha value is -5.63. The highest BCUT2D eigenvalue weighted by Crippen LogP contribution is 2.26. The van der Waals surface area contributed by atoms with E-state index in [1.807, 2.05) is 103 Å². The number of para-hydroxylation sites is 2. The van der Waals surface area contributed by atoms with Crippen LogP contribution in [0.25, 0.3) is 39.2 Å². The summed E-state index contributed by atoms with van der Waals surface area (Å²) >= 11 is 0. The van der Waals surface area contributed by atoms with Gasteiger partial charge in [0.05, 0.1) is 41.5 Å². The SMILES string of the molecule is COc1ccc(-c2nn(-c3ccccc3)cc2/C=N/NC(=O)c2cc(-c3ccccn3)nc3ccccc23)cc1. The van der Waals surface area contributed by atoms with E-state index in [1.54, 1.807) is 30.3 Å². The fourth-order valence-electron chi connectivity index (χ4n) is 4.40. The summed E-state index contributed by atoms with van der Waals surface area (Å²) in [7, 11) is 1.63. The molecule has 1 amide bonds. The number of nitrogens with one attached hydrogen (secondary N) is 1. The molecular weight excluding hydrogens is 500 g/mol. The predicted octanol–water partition coefficient (Wildman–Crippen LogP) is 5.92. The molecule has 0 bridgehead atoms. The smallest absolute Gasteiger partial charge is 0.272 e. The third kappa shape index (κ3) is 5.06. The first-order valence-electron chi connectivity index (χ1n) is 12.6. The summed E-state index contributed by atoms with van der Waals surface area (Å²) in [5.41, 5.74) is 8.40. The van der Waals surface area contributed by atoms with Crippen LogP contribution in [-0.2, 0) is 0 Å². The lowest BCUT2D eigenvalue weighted by atomic mass is 10.1. The first-order valence-corrected chi connectivity index (χ1v) is 12.6. The van der Waals surface area contributed by atoms with Gasteiger partial charge in [-0.2, -0.15) is 10.2 Å². The highest BCUT2D eigenvalue weighted by molar-refractivity contribution is 6.07. The summed E-state index contributed by atoms with van der Waals surface area (Å²) in [5, 5.41) is 9.85. The minimum Gasteiger partial charge on any atom is -0.497 e. The first-order chi connectivity index (χ1) is 19.7. The van der Waals surface area contributed by atoms with Crippen molar-refractivity contribution in [2.45, 2.75) is 0 Å². The molecule has 6 rings (SSSR count). The molecule has 40 heavy (non-hydrogen) atoms. The fraction of sp³-hybridized carbons (Fsp3) is 0.0312. The summed E-state index contributed by atoms with van der Waals surface area (Å²) in [4.78, 5) is 22.5. The molecule has 8 heteroatoms. The van der Waals surface area contributed by atoms with Gasteiger partial charge < -0.3 is 4.74 Å². The quantitative estimate of drug-likeness (QED) is 0.207. The lowest BCUT2D eigenvalue weighted by molar-refractivity contribution is 0.0956. The number of methoxy groups -OCH3 is 1. The van der Waals surface area contributed by atoms with Crippen molar-refractivity contribution < 1.29 is 9.53 Å². The van der Waals surface area contributed by atoms with Crippen molar-refractivity contribution in [2.75, 3.05) is 7.11 Å². The number of hydrogen-bond donors (Lipinski definition) is 1. The average molecular weight is 525 g/mol. The Bertz CT molecular complexity index is 1810. The molecule has 3 aromatic heterocycles. The first kappa shape index (κ1) is 24.7. The average Bonchev–Trinajstić information content (AvgIpc) is 3.45. The Morgan fingerprint density at radius 1 is 0.900 bits per heavy atom. The minimum atomic E-state index is -0.353. The zero-order chi connectivity index (χ0) is 27.3. The van der Waals surface area contributed by atoms with Crippen molar-refractivity contribution in [3.63, 3.8) is 0 Å². The topological polar surface area (TPSA) is 94.3 Å². The Morgan fingerprint density at radius 2 is 1.68 bits per heavy atom. The molecule has 0 aliphatic heterocycles. The number of carbonyl (C=O) groups excluding carboxylic acids is 1. The molecule has 0 aliphatic rings. The summed E-state index contributed by atoms with van der Waals surface area (Å²) in [6, 6.07) is 32.3. The van der Waals surface area contributed by atoms with Gasteiger partial charge in [-0.3, -0.25) is 9.78 Å². The highest BCUT2D eigenvalue weighted by atomic mass is 16.5. The second-order valence-electron chi connectivity index (χ2n) is 8.93. The van der Waals surface area contributed by atoms with Gasteiger partial charge in [0.1, 0.15) is 11.4 Å². The standard InChI is InChI=1S/C32H24N6O2/c1-40-25-16-14-22(15-17-25)31-23(21-38(37-31)24-9-3-2-4-10-24)20-34-36-32(39)27-19-30(29-13-7-8-18-33-29)35-28-12-6-5-11-26(27)28/h2-21H,1H3,(H,36,39)/b34-20+. The van der Waals surface area contributed by atoms with Crippen molar-refractivity contribution in [3.8, 4) is 34.1 Å². The van der Waals surface area contributed by atoms with Crippen LogP contribution in [0.2, 0.25) is 0 Å². The third-order valence-corrected chi connectivity index (χ3v) is 6.38. The molecule has 0 saturated carbocycles. The number of amides is 1. The van der Waals surface area contributed by atoms with E-state index in [2.05, 4.69) is 15.5 Å². The molecule has 194 valence electrons. The normalized spacial score (nSPS) is 11.1. The molecular formula is C32H24N6O2. The van der Waals surface area contributed by atoms with Crippen LogP contribution in [0.3, 0.4) is 0 Å². The monoisotopic (exact) mass is 524 g/mol. The van der Waals surface area contributed by atoms with E-state index < -0.39 is 0 Å². The van der Waals surface area contributed by atoms with Gasteiger partial charge in [-0.25, -0.2) is 15.1 Å². The van der Waals surface area contributed by atoms with Crippen molar-refractivity contribution in [3.05, 3.63) is 127 Å². The Kier molecular flexibility index (Phi) is 6.79. The molecule has 0 radical (unpaired) electrons. The van der Waals surface area contributed by atoms with E-state index in [1.165, 1.54) is 0 Å². The number of hydrazone groups is 1. The molecule has 8 nitrogen and oxygen atoms in total. The fourth-order valence-corrected chi connectivity index (χ4v) is 4.40. The third-order valence-electron chi connectivity index (χ3n) is 6.38. The molecule has 6 aromatic rings. The van der Waals surface area contributed by atoms with Gasteiger partial charge in [-0.1, -0.05) is 42.5 Å². The maximum atomic E-state index is 13.4. The van der Waals surface area contributed by atoms with Crippen LogP contribution >= 0.6 is 0 Å². The lowest BCUT2D eigenvalue weighted by Crippen LogP contribution is -2.18. The van der Waals surface area contributed by atoms with Gasteiger partial charge >= 0.3 is 0 Å². The van der Waals surface area contributed by atoms with E-state index in [0.717, 1.165) is 33.6 Å². The van der Waals surface area contributed by atoms with Crippen LogP contribution in [0.5, 0.6) is 5.75 Å². The molecule has 0 saturated heterocycles. The van der Waals surface area contributed by atoms with E-state index in [9.17, 15) is 4.79 Å². The lowest BCUT2D eigenvalue weighted by Gasteiger charge is -2.08. The van der Waals surface area contributed by atoms with E-state index >= 15 is 0 Å². The van der Waals surface area contributed by atoms with Crippen LogP contribution in [0.4, 0.5) is 0 Å². The second kappa shape index (κ2) is 11.0. The molecule has 0 fully saturated rings. The largest absolute Gasteiger partial charge is 0.497 e. The number of hydrogen-bond acceptors (Lipinski definition) is 6. The molecule has 0 atom stereocenters. The van der Waals surface area contributed by atoms with Crippen molar-refractivity contribution in [1.29, 1.82) is 0 Å². The van der Waals surface area contributed by atoms with Gasteiger partial charge in [-0.15, -0.1) is 0 Å². The highest BCUT2D eigenvalue weighted by Gasteiger charge is 2.15. The molecule has 3 heterocycles. The zero-order valence-electron chi connectivity index (χ0n) is 21.6. The molecule has 0 unspecified atom stereocenters. The van der Waals surface area contributed by atoms with E-state index in [4.69, 9.17) is 14.8 Å². The number of aromatic nitrogens is 4. The number of carbonyl (C=O) groups is 1. The number of nitrogens with zero attached hydrogens (tertiary/aromatic N) is 5. The molecule has 0 aliphatic carbocycles. The second-order valence-corrected chi connectivity index (χ2v) is 8.93. The van der Waals surface area contributed by atoms with Gasteiger partial charge in [-0.05, 0) is 60.7 Å². The number of fused-ring (bicyclic) bond motifs is 1. The predicted molar refractivity (Wildman–Crippen MR) is 156 cm³/mol. The Morgan fingerprint density at radius 3 is 2.45 bits per heavy atom. The van der Waals surface area contributed by atoms with E-state index in [-0.39, 0.29) is 5.91 Å². The maximum Gasteiger partial charge on any atom is 0.272 e. The van der Waals surface area contributed by atoms with Crippen LogP contribution in [0.1, 0.15) is 15.9 Å². The summed E-state index contributed by atoms with van der Waals surface area (Å²) in [5.74, 6) is 0.400. The number of benzene rings is 3. The molecule has 0 spiro atoms. The van der Waals surface area contributed by atoms with Crippen molar-refractivity contribution in [2.24, 2.45) is 5.10 Å². The maximum absolute atomic E-state index is 13.4.